The second kappa shape index (κ2) is 4.99. The van der Waals surface area contributed by atoms with E-state index in [4.69, 9.17) is 0 Å². The van der Waals surface area contributed by atoms with Gasteiger partial charge in [-0.2, -0.15) is 0 Å². The standard InChI is InChI=1S/C17H22O2/c18-16(19)17(10-5-11-17)15-9-4-8-14(12-15)13-6-2-1-3-7-13/h4,8-9,12-13H,1-3,5-7,10-11H2,(H,18,19). The number of carbonyl (C=O) groups is 1. The van der Waals surface area contributed by atoms with Gasteiger partial charge in [-0.05, 0) is 42.7 Å². The zero-order valence-electron chi connectivity index (χ0n) is 11.4. The molecule has 0 bridgehead atoms. The first-order chi connectivity index (χ1) is 9.22. The highest BCUT2D eigenvalue weighted by Crippen LogP contribution is 2.45. The van der Waals surface area contributed by atoms with E-state index in [-0.39, 0.29) is 0 Å². The molecule has 2 aliphatic carbocycles. The fourth-order valence-electron chi connectivity index (χ4n) is 3.68. The molecule has 1 N–H and O–H groups in total. The molecule has 3 rings (SSSR count). The number of carboxylic acid groups (broad SMARTS) is 1. The summed E-state index contributed by atoms with van der Waals surface area (Å²) in [4.78, 5) is 11.6. The van der Waals surface area contributed by atoms with Crippen LogP contribution in [-0.4, -0.2) is 11.1 Å². The Balaban J connectivity index is 1.89. The fraction of sp³-hybridized carbons (Fsp3) is 0.588. The van der Waals surface area contributed by atoms with Gasteiger partial charge in [0, 0.05) is 0 Å². The minimum absolute atomic E-state index is 0.579. The average molecular weight is 258 g/mol. The van der Waals surface area contributed by atoms with Crippen molar-refractivity contribution in [2.45, 2.75) is 62.7 Å². The topological polar surface area (TPSA) is 37.3 Å². The Hall–Kier alpha value is -1.31. The largest absolute Gasteiger partial charge is 0.481 e. The van der Waals surface area contributed by atoms with E-state index in [0.29, 0.717) is 5.92 Å². The summed E-state index contributed by atoms with van der Waals surface area (Å²) in [6.07, 6.45) is 9.17. The molecule has 19 heavy (non-hydrogen) atoms. The van der Waals surface area contributed by atoms with Crippen molar-refractivity contribution >= 4 is 5.97 Å². The fourth-order valence-corrected chi connectivity index (χ4v) is 3.68. The Morgan fingerprint density at radius 2 is 1.84 bits per heavy atom. The van der Waals surface area contributed by atoms with Crippen molar-refractivity contribution < 1.29 is 9.90 Å². The molecule has 2 fully saturated rings. The van der Waals surface area contributed by atoms with Crippen LogP contribution in [0.3, 0.4) is 0 Å². The Kier molecular flexibility index (Phi) is 3.34. The first-order valence-corrected chi connectivity index (χ1v) is 7.56. The van der Waals surface area contributed by atoms with Crippen LogP contribution >= 0.6 is 0 Å². The summed E-state index contributed by atoms with van der Waals surface area (Å²) in [5.41, 5.74) is 1.82. The van der Waals surface area contributed by atoms with E-state index in [9.17, 15) is 9.90 Å². The van der Waals surface area contributed by atoms with Crippen LogP contribution < -0.4 is 0 Å². The lowest BCUT2D eigenvalue weighted by atomic mass is 9.64. The third-order valence-electron chi connectivity index (χ3n) is 5.13. The monoisotopic (exact) mass is 258 g/mol. The van der Waals surface area contributed by atoms with Gasteiger partial charge in [-0.25, -0.2) is 0 Å². The van der Waals surface area contributed by atoms with Crippen molar-refractivity contribution in [2.75, 3.05) is 0 Å². The summed E-state index contributed by atoms with van der Waals surface area (Å²) in [5.74, 6) is 0.0131. The van der Waals surface area contributed by atoms with Gasteiger partial charge in [-0.15, -0.1) is 0 Å². The van der Waals surface area contributed by atoms with Crippen molar-refractivity contribution in [1.29, 1.82) is 0 Å². The summed E-state index contributed by atoms with van der Waals surface area (Å²) in [6, 6.07) is 8.44. The van der Waals surface area contributed by atoms with Crippen molar-refractivity contribution in [3.8, 4) is 0 Å². The summed E-state index contributed by atoms with van der Waals surface area (Å²) in [6.45, 7) is 0. The van der Waals surface area contributed by atoms with Gasteiger partial charge in [0.2, 0.25) is 0 Å². The van der Waals surface area contributed by atoms with Gasteiger partial charge in [0.05, 0.1) is 5.41 Å². The van der Waals surface area contributed by atoms with E-state index in [2.05, 4.69) is 18.2 Å². The predicted octanol–water partition coefficient (Wildman–Crippen LogP) is 4.24. The minimum atomic E-state index is -0.639. The molecule has 2 nitrogen and oxygen atoms in total. The zero-order chi connectivity index (χ0) is 13.3. The molecule has 0 saturated heterocycles. The van der Waals surface area contributed by atoms with E-state index < -0.39 is 11.4 Å². The quantitative estimate of drug-likeness (QED) is 0.880. The van der Waals surface area contributed by atoms with E-state index in [1.54, 1.807) is 0 Å². The first-order valence-electron chi connectivity index (χ1n) is 7.56. The Labute approximate surface area is 114 Å². The predicted molar refractivity (Wildman–Crippen MR) is 75.4 cm³/mol. The molecule has 0 heterocycles. The van der Waals surface area contributed by atoms with E-state index in [0.717, 1.165) is 24.8 Å². The highest BCUT2D eigenvalue weighted by molar-refractivity contribution is 5.82. The van der Waals surface area contributed by atoms with Crippen LogP contribution in [0.4, 0.5) is 0 Å². The minimum Gasteiger partial charge on any atom is -0.481 e. The first kappa shape index (κ1) is 12.7. The molecule has 0 aromatic heterocycles. The Bertz CT molecular complexity index is 468. The second-order valence-corrected chi connectivity index (χ2v) is 6.20. The molecule has 0 atom stereocenters. The lowest BCUT2D eigenvalue weighted by Crippen LogP contribution is -2.42. The third-order valence-corrected chi connectivity index (χ3v) is 5.13. The van der Waals surface area contributed by atoms with E-state index in [1.165, 1.54) is 37.7 Å². The SMILES string of the molecule is O=C(O)C1(c2cccc(C3CCCCC3)c2)CCC1. The maximum atomic E-state index is 11.6. The Morgan fingerprint density at radius 3 is 2.42 bits per heavy atom. The lowest BCUT2D eigenvalue weighted by molar-refractivity contribution is -0.147. The van der Waals surface area contributed by atoms with Crippen LogP contribution in [0.15, 0.2) is 24.3 Å². The van der Waals surface area contributed by atoms with Gasteiger partial charge in [-0.1, -0.05) is 49.9 Å². The number of benzene rings is 1. The van der Waals surface area contributed by atoms with Crippen LogP contribution in [0.25, 0.3) is 0 Å². The van der Waals surface area contributed by atoms with Gasteiger partial charge in [0.1, 0.15) is 0 Å². The van der Waals surface area contributed by atoms with Crippen LogP contribution in [0, 0.1) is 0 Å². The van der Waals surface area contributed by atoms with E-state index >= 15 is 0 Å². The smallest absolute Gasteiger partial charge is 0.314 e. The molecule has 1 aromatic rings. The third kappa shape index (κ3) is 2.18. The summed E-state index contributed by atoms with van der Waals surface area (Å²) in [5, 5.41) is 9.54. The van der Waals surface area contributed by atoms with Crippen LogP contribution in [0.5, 0.6) is 0 Å². The number of rotatable bonds is 3. The van der Waals surface area contributed by atoms with Gasteiger partial charge >= 0.3 is 5.97 Å². The Morgan fingerprint density at radius 1 is 1.11 bits per heavy atom. The maximum absolute atomic E-state index is 11.6. The number of hydrogen-bond acceptors (Lipinski definition) is 1. The highest BCUT2D eigenvalue weighted by Gasteiger charge is 2.46. The van der Waals surface area contributed by atoms with Crippen molar-refractivity contribution in [3.63, 3.8) is 0 Å². The highest BCUT2D eigenvalue weighted by atomic mass is 16.4. The molecule has 0 amide bonds. The number of carboxylic acids is 1. The molecule has 2 aliphatic rings. The zero-order valence-corrected chi connectivity index (χ0v) is 11.4. The number of hydrogen-bond donors (Lipinski definition) is 1. The molecule has 2 saturated carbocycles. The average Bonchev–Trinajstić information content (AvgIpc) is 2.38. The maximum Gasteiger partial charge on any atom is 0.314 e. The molecule has 0 radical (unpaired) electrons. The van der Waals surface area contributed by atoms with Crippen molar-refractivity contribution in [1.82, 2.24) is 0 Å². The molecule has 0 aliphatic heterocycles. The summed E-state index contributed by atoms with van der Waals surface area (Å²) < 4.78 is 0. The van der Waals surface area contributed by atoms with Crippen LogP contribution in [0.1, 0.15) is 68.4 Å². The molecular formula is C17H22O2. The van der Waals surface area contributed by atoms with Crippen LogP contribution in [0.2, 0.25) is 0 Å². The van der Waals surface area contributed by atoms with Crippen LogP contribution in [-0.2, 0) is 10.2 Å². The molecule has 0 spiro atoms. The molecule has 1 aromatic carbocycles. The van der Waals surface area contributed by atoms with Gasteiger partial charge in [-0.3, -0.25) is 4.79 Å². The molecule has 102 valence electrons. The lowest BCUT2D eigenvalue weighted by Gasteiger charge is -2.38. The number of aliphatic carboxylic acids is 1. The second-order valence-electron chi connectivity index (χ2n) is 6.20. The molecule has 2 heteroatoms. The molecule has 0 unspecified atom stereocenters. The normalized spacial score (nSPS) is 22.7. The van der Waals surface area contributed by atoms with E-state index in [1.807, 2.05) is 6.07 Å². The summed E-state index contributed by atoms with van der Waals surface area (Å²) in [7, 11) is 0. The van der Waals surface area contributed by atoms with Gasteiger partial charge in [0.25, 0.3) is 0 Å². The van der Waals surface area contributed by atoms with Gasteiger partial charge in [0.15, 0.2) is 0 Å². The molecular weight excluding hydrogens is 236 g/mol. The van der Waals surface area contributed by atoms with Gasteiger partial charge < -0.3 is 5.11 Å². The summed E-state index contributed by atoms with van der Waals surface area (Å²) >= 11 is 0. The van der Waals surface area contributed by atoms with Crippen molar-refractivity contribution in [2.24, 2.45) is 0 Å². The van der Waals surface area contributed by atoms with Crippen molar-refractivity contribution in [3.05, 3.63) is 35.4 Å².